The van der Waals surface area contributed by atoms with Crippen molar-refractivity contribution in [2.24, 2.45) is 5.73 Å². The van der Waals surface area contributed by atoms with E-state index in [2.05, 4.69) is 10.3 Å². The van der Waals surface area contributed by atoms with Crippen LogP contribution in [0.1, 0.15) is 39.6 Å². The fourth-order valence-electron chi connectivity index (χ4n) is 4.49. The number of nitrogens with one attached hydrogen (secondary N) is 1. The Morgan fingerprint density at radius 2 is 2.22 bits per heavy atom. The molecule has 0 aliphatic carbocycles. The number of carbonyl (C=O) groups excluding carboxylic acids is 1. The minimum absolute atomic E-state index is 0.120. The molecule has 5 rings (SSSR count). The summed E-state index contributed by atoms with van der Waals surface area (Å²) in [7, 11) is 0. The fraction of sp³-hybridized carbons (Fsp3) is 0.304. The number of aromatic nitrogens is 2. The van der Waals surface area contributed by atoms with Gasteiger partial charge in [-0.25, -0.2) is 13.8 Å². The molecule has 4 heterocycles. The first-order valence-corrected chi connectivity index (χ1v) is 10.3. The first-order chi connectivity index (χ1) is 15.3. The Morgan fingerprint density at radius 3 is 3.00 bits per heavy atom. The third-order valence-corrected chi connectivity index (χ3v) is 5.95. The first kappa shape index (κ1) is 20.4. The molecule has 1 fully saturated rings. The van der Waals surface area contributed by atoms with Gasteiger partial charge >= 0.3 is 0 Å². The van der Waals surface area contributed by atoms with Crippen LogP contribution in [-0.4, -0.2) is 34.3 Å². The Hall–Kier alpha value is -3.46. The number of imidazole rings is 1. The van der Waals surface area contributed by atoms with Crippen LogP contribution in [0.5, 0.6) is 5.75 Å². The molecule has 0 bridgehead atoms. The molecule has 3 N–H and O–H groups in total. The number of halogens is 2. The van der Waals surface area contributed by atoms with Gasteiger partial charge in [-0.1, -0.05) is 6.07 Å². The number of fused-ring (bicyclic) bond motifs is 2. The van der Waals surface area contributed by atoms with E-state index < -0.39 is 24.3 Å². The largest absolute Gasteiger partial charge is 0.489 e. The van der Waals surface area contributed by atoms with E-state index >= 15 is 8.78 Å². The average molecular weight is 440 g/mol. The second-order valence-electron chi connectivity index (χ2n) is 8.05. The maximum Gasteiger partial charge on any atom is 0.267 e. The lowest BCUT2D eigenvalue weighted by Gasteiger charge is -2.33. The summed E-state index contributed by atoms with van der Waals surface area (Å²) in [5.41, 5.74) is 7.97. The molecule has 1 aliphatic heterocycles. The van der Waals surface area contributed by atoms with Gasteiger partial charge in [0.25, 0.3) is 11.8 Å². The number of benzene rings is 1. The summed E-state index contributed by atoms with van der Waals surface area (Å²) in [4.78, 5) is 16.4. The van der Waals surface area contributed by atoms with E-state index in [9.17, 15) is 4.79 Å². The summed E-state index contributed by atoms with van der Waals surface area (Å²) < 4.78 is 43.7. The molecule has 1 unspecified atom stereocenters. The number of carbonyl (C=O) groups is 1. The predicted octanol–water partition coefficient (Wildman–Crippen LogP) is 3.78. The zero-order valence-electron chi connectivity index (χ0n) is 17.4. The van der Waals surface area contributed by atoms with Crippen molar-refractivity contribution in [1.29, 1.82) is 0 Å². The molecule has 1 atom stereocenters. The lowest BCUT2D eigenvalue weighted by Crippen LogP contribution is -2.44. The summed E-state index contributed by atoms with van der Waals surface area (Å²) in [5.74, 6) is -4.30. The smallest absolute Gasteiger partial charge is 0.267 e. The molecule has 4 aromatic rings. The number of pyridine rings is 1. The highest BCUT2D eigenvalue weighted by Gasteiger charge is 2.45. The lowest BCUT2D eigenvalue weighted by molar-refractivity contribution is -0.0423. The quantitative estimate of drug-likeness (QED) is 0.493. The van der Waals surface area contributed by atoms with Gasteiger partial charge in [0.15, 0.2) is 0 Å². The number of primary amides is 1. The van der Waals surface area contributed by atoms with Crippen molar-refractivity contribution in [3.05, 3.63) is 65.3 Å². The molecule has 1 saturated heterocycles. The van der Waals surface area contributed by atoms with E-state index in [1.54, 1.807) is 25.3 Å². The molecule has 0 radical (unpaired) electrons. The highest BCUT2D eigenvalue weighted by molar-refractivity contribution is 6.08. The van der Waals surface area contributed by atoms with Crippen molar-refractivity contribution >= 4 is 22.5 Å². The molecular formula is C23H22F2N4O3. The molecule has 1 aliphatic rings. The van der Waals surface area contributed by atoms with E-state index in [0.29, 0.717) is 23.3 Å². The number of amides is 1. The van der Waals surface area contributed by atoms with Crippen LogP contribution in [0.2, 0.25) is 0 Å². The van der Waals surface area contributed by atoms with Crippen molar-refractivity contribution in [1.82, 2.24) is 14.7 Å². The van der Waals surface area contributed by atoms with E-state index in [-0.39, 0.29) is 29.9 Å². The van der Waals surface area contributed by atoms with Gasteiger partial charge in [-0.15, -0.1) is 0 Å². The Labute approximate surface area is 182 Å². The lowest BCUT2D eigenvalue weighted by atomic mass is 9.83. The minimum atomic E-state index is -3.03. The molecule has 3 aromatic heterocycles. The second kappa shape index (κ2) is 7.59. The number of piperidine rings is 1. The standard InChI is InChI=1S/C23H22F2N4O3/c1-13-19(22(26)30)21-17(32-13)4-3-16(20(21)15-6-7-27-12-23(15,24)25)31-11-14-2-5-18-28-8-9-29(18)10-14/h2-5,8-10,15,27H,6-7,11-12H2,1H3,(H2,26,30). The highest BCUT2D eigenvalue weighted by Crippen LogP contribution is 2.47. The summed E-state index contributed by atoms with van der Waals surface area (Å²) in [6.07, 6.45) is 5.57. The van der Waals surface area contributed by atoms with Crippen molar-refractivity contribution in [3.8, 4) is 5.75 Å². The summed E-state index contributed by atoms with van der Waals surface area (Å²) >= 11 is 0. The van der Waals surface area contributed by atoms with E-state index in [1.807, 2.05) is 28.9 Å². The molecule has 7 nitrogen and oxygen atoms in total. The van der Waals surface area contributed by atoms with Gasteiger partial charge in [-0.3, -0.25) is 4.79 Å². The van der Waals surface area contributed by atoms with Crippen LogP contribution in [0.3, 0.4) is 0 Å². The van der Waals surface area contributed by atoms with E-state index in [0.717, 1.165) is 11.2 Å². The van der Waals surface area contributed by atoms with Crippen LogP contribution in [-0.2, 0) is 6.61 Å². The monoisotopic (exact) mass is 440 g/mol. The zero-order valence-corrected chi connectivity index (χ0v) is 17.4. The van der Waals surface area contributed by atoms with E-state index in [4.69, 9.17) is 14.9 Å². The molecule has 32 heavy (non-hydrogen) atoms. The van der Waals surface area contributed by atoms with Crippen LogP contribution < -0.4 is 15.8 Å². The molecule has 166 valence electrons. The van der Waals surface area contributed by atoms with Gasteiger partial charge in [0.2, 0.25) is 0 Å². The molecule has 9 heteroatoms. The number of rotatable bonds is 5. The molecule has 0 spiro atoms. The maximum absolute atomic E-state index is 15.0. The SMILES string of the molecule is Cc1oc2ccc(OCc3ccc4nccn4c3)c(C3CCNCC3(F)F)c2c1C(N)=O. The predicted molar refractivity (Wildman–Crippen MR) is 114 cm³/mol. The van der Waals surface area contributed by atoms with Crippen LogP contribution >= 0.6 is 0 Å². The average Bonchev–Trinajstić information content (AvgIpc) is 3.34. The number of hydrogen-bond acceptors (Lipinski definition) is 5. The fourth-order valence-corrected chi connectivity index (χ4v) is 4.49. The van der Waals surface area contributed by atoms with Gasteiger partial charge in [0, 0.05) is 35.1 Å². The van der Waals surface area contributed by atoms with Crippen molar-refractivity contribution in [2.75, 3.05) is 13.1 Å². The normalized spacial score (nSPS) is 18.3. The maximum atomic E-state index is 15.0. The van der Waals surface area contributed by atoms with Gasteiger partial charge < -0.3 is 24.6 Å². The Kier molecular flexibility index (Phi) is 4.85. The molecule has 1 aromatic carbocycles. The Balaban J connectivity index is 1.62. The van der Waals surface area contributed by atoms with Crippen LogP contribution in [0.25, 0.3) is 16.6 Å². The van der Waals surface area contributed by atoms with E-state index in [1.165, 1.54) is 0 Å². The molecule has 0 saturated carbocycles. The summed E-state index contributed by atoms with van der Waals surface area (Å²) in [6, 6.07) is 6.98. The number of hydrogen-bond donors (Lipinski definition) is 2. The van der Waals surface area contributed by atoms with Crippen molar-refractivity contribution in [2.45, 2.75) is 31.8 Å². The van der Waals surface area contributed by atoms with Gasteiger partial charge in [0.05, 0.1) is 18.0 Å². The molecule has 1 amide bonds. The number of nitrogens with zero attached hydrogens (tertiary/aromatic N) is 2. The third kappa shape index (κ3) is 3.38. The topological polar surface area (TPSA) is 94.8 Å². The molecular weight excluding hydrogens is 418 g/mol. The van der Waals surface area contributed by atoms with Crippen LogP contribution in [0.4, 0.5) is 8.78 Å². The highest BCUT2D eigenvalue weighted by atomic mass is 19.3. The minimum Gasteiger partial charge on any atom is -0.489 e. The number of aryl methyl sites for hydroxylation is 1. The third-order valence-electron chi connectivity index (χ3n) is 5.95. The number of nitrogens with two attached hydrogens (primary N) is 1. The first-order valence-electron chi connectivity index (χ1n) is 10.3. The zero-order chi connectivity index (χ0) is 22.5. The Bertz CT molecular complexity index is 1330. The van der Waals surface area contributed by atoms with Gasteiger partial charge in [-0.05, 0) is 38.1 Å². The van der Waals surface area contributed by atoms with Crippen molar-refractivity contribution in [3.63, 3.8) is 0 Å². The second-order valence-corrected chi connectivity index (χ2v) is 8.05. The van der Waals surface area contributed by atoms with Gasteiger partial charge in [0.1, 0.15) is 29.3 Å². The number of furan rings is 1. The number of alkyl halides is 2. The number of ether oxygens (including phenoxy) is 1. The Morgan fingerprint density at radius 1 is 1.38 bits per heavy atom. The van der Waals surface area contributed by atoms with Crippen LogP contribution in [0, 0.1) is 6.92 Å². The van der Waals surface area contributed by atoms with Crippen molar-refractivity contribution < 1.29 is 22.7 Å². The summed E-state index contributed by atoms with van der Waals surface area (Å²) in [6.45, 7) is 1.74. The van der Waals surface area contributed by atoms with Crippen LogP contribution in [0.15, 0.2) is 47.3 Å². The van der Waals surface area contributed by atoms with Gasteiger partial charge in [-0.2, -0.15) is 0 Å². The summed E-state index contributed by atoms with van der Waals surface area (Å²) in [5, 5.41) is 3.05.